The van der Waals surface area contributed by atoms with Crippen LogP contribution >= 0.6 is 0 Å². The van der Waals surface area contributed by atoms with Gasteiger partial charge in [-0.1, -0.05) is 0 Å². The molecule has 0 atom stereocenters. The predicted octanol–water partition coefficient (Wildman–Crippen LogP) is 1.62. The molecule has 1 rings (SSSR count). The second kappa shape index (κ2) is 7.48. The molecular formula is C12H13F3N2O4. The van der Waals surface area contributed by atoms with Gasteiger partial charge in [0, 0.05) is 6.54 Å². The van der Waals surface area contributed by atoms with Crippen LogP contribution in [0.4, 0.5) is 23.7 Å². The van der Waals surface area contributed by atoms with Crippen molar-refractivity contribution in [1.82, 2.24) is 4.90 Å². The molecule has 0 radical (unpaired) electrons. The van der Waals surface area contributed by atoms with Gasteiger partial charge in [0.15, 0.2) is 0 Å². The van der Waals surface area contributed by atoms with E-state index in [0.29, 0.717) is 11.0 Å². The highest BCUT2D eigenvalue weighted by Gasteiger charge is 2.20. The smallest absolute Gasteiger partial charge is 0.337 e. The summed E-state index contributed by atoms with van der Waals surface area (Å²) in [6.45, 7) is -1.80. The number of hydrogen-bond acceptors (Lipinski definition) is 3. The van der Waals surface area contributed by atoms with Crippen LogP contribution in [0.15, 0.2) is 18.2 Å². The van der Waals surface area contributed by atoms with E-state index in [-0.39, 0.29) is 12.2 Å². The maximum Gasteiger partial charge on any atom is 0.337 e. The van der Waals surface area contributed by atoms with Gasteiger partial charge in [-0.05, 0) is 18.2 Å². The van der Waals surface area contributed by atoms with Gasteiger partial charge in [-0.2, -0.15) is 0 Å². The third kappa shape index (κ3) is 4.95. The number of benzene rings is 1. The summed E-state index contributed by atoms with van der Waals surface area (Å²) in [4.78, 5) is 23.3. The Hall–Kier alpha value is -2.29. The number of hydrogen-bond donors (Lipinski definition) is 3. The molecule has 0 heterocycles. The number of carboxylic acid groups (broad SMARTS) is 1. The third-order valence-electron chi connectivity index (χ3n) is 2.47. The number of alkyl halides is 2. The predicted molar refractivity (Wildman–Crippen MR) is 67.0 cm³/mol. The molecule has 0 unspecified atom stereocenters. The fourth-order valence-corrected chi connectivity index (χ4v) is 1.56. The van der Waals surface area contributed by atoms with E-state index in [0.717, 1.165) is 12.1 Å². The lowest BCUT2D eigenvalue weighted by Gasteiger charge is -2.22. The number of carboxylic acids is 1. The number of aliphatic hydroxyl groups excluding tert-OH is 1. The minimum absolute atomic E-state index is 0.230. The van der Waals surface area contributed by atoms with Crippen LogP contribution in [0.5, 0.6) is 0 Å². The van der Waals surface area contributed by atoms with Crippen LogP contribution in [0, 0.1) is 5.82 Å². The van der Waals surface area contributed by atoms with E-state index < -0.39 is 43.0 Å². The van der Waals surface area contributed by atoms with Gasteiger partial charge in [0.1, 0.15) is 5.82 Å². The Bertz CT molecular complexity index is 525. The molecule has 6 nitrogen and oxygen atoms in total. The number of nitrogens with one attached hydrogen (secondary N) is 1. The van der Waals surface area contributed by atoms with Gasteiger partial charge in [-0.25, -0.2) is 22.8 Å². The van der Waals surface area contributed by atoms with Crippen LogP contribution in [0.25, 0.3) is 0 Å². The Labute approximate surface area is 117 Å². The van der Waals surface area contributed by atoms with Gasteiger partial charge in [0.2, 0.25) is 0 Å². The fourth-order valence-electron chi connectivity index (χ4n) is 1.56. The molecule has 0 saturated heterocycles. The Morgan fingerprint density at radius 2 is 2.00 bits per heavy atom. The lowest BCUT2D eigenvalue weighted by atomic mass is 10.1. The van der Waals surface area contributed by atoms with E-state index in [2.05, 4.69) is 5.32 Å². The molecule has 9 heteroatoms. The molecule has 21 heavy (non-hydrogen) atoms. The summed E-state index contributed by atoms with van der Waals surface area (Å²) in [7, 11) is 0. The standard InChI is InChI=1S/C12H13F3N2O4/c13-7-1-2-9(8(5-7)11(19)20)16-12(21)17(3-4-18)6-10(14)15/h1-2,5,10,18H,3-4,6H2,(H,16,21)(H,19,20). The molecular weight excluding hydrogens is 293 g/mol. The molecule has 2 amide bonds. The van der Waals surface area contributed by atoms with Crippen LogP contribution in [0.2, 0.25) is 0 Å². The summed E-state index contributed by atoms with van der Waals surface area (Å²) in [5, 5.41) is 19.7. The number of carbonyl (C=O) groups excluding carboxylic acids is 1. The van der Waals surface area contributed by atoms with Gasteiger partial charge < -0.3 is 20.4 Å². The zero-order valence-electron chi connectivity index (χ0n) is 10.7. The second-order valence-electron chi connectivity index (χ2n) is 3.99. The Balaban J connectivity index is 2.92. The molecule has 0 spiro atoms. The monoisotopic (exact) mass is 306 g/mol. The Kier molecular flexibility index (Phi) is 5.97. The summed E-state index contributed by atoms with van der Waals surface area (Å²) in [5.74, 6) is -2.29. The number of carbonyl (C=O) groups is 2. The van der Waals surface area contributed by atoms with Crippen LogP contribution < -0.4 is 5.32 Å². The molecule has 116 valence electrons. The topological polar surface area (TPSA) is 89.9 Å². The van der Waals surface area contributed by atoms with Crippen molar-refractivity contribution in [2.45, 2.75) is 6.43 Å². The van der Waals surface area contributed by atoms with Gasteiger partial charge in [0.25, 0.3) is 6.43 Å². The summed E-state index contributed by atoms with van der Waals surface area (Å²) in [5.41, 5.74) is -0.740. The zero-order valence-corrected chi connectivity index (χ0v) is 10.7. The zero-order chi connectivity index (χ0) is 16.0. The Morgan fingerprint density at radius 3 is 2.52 bits per heavy atom. The van der Waals surface area contributed by atoms with Crippen molar-refractivity contribution in [3.63, 3.8) is 0 Å². The van der Waals surface area contributed by atoms with Crippen molar-refractivity contribution in [2.75, 3.05) is 25.0 Å². The lowest BCUT2D eigenvalue weighted by molar-refractivity contribution is 0.0697. The molecule has 0 bridgehead atoms. The second-order valence-corrected chi connectivity index (χ2v) is 3.99. The van der Waals surface area contributed by atoms with Gasteiger partial charge in [-0.3, -0.25) is 0 Å². The molecule has 1 aromatic carbocycles. The summed E-state index contributed by atoms with van der Waals surface area (Å²) in [6.07, 6.45) is -2.81. The average Bonchev–Trinajstić information content (AvgIpc) is 2.39. The maximum absolute atomic E-state index is 13.0. The number of nitrogens with zero attached hydrogens (tertiary/aromatic N) is 1. The number of rotatable bonds is 6. The van der Waals surface area contributed by atoms with Gasteiger partial charge >= 0.3 is 12.0 Å². The average molecular weight is 306 g/mol. The number of urea groups is 1. The van der Waals surface area contributed by atoms with E-state index in [1.165, 1.54) is 0 Å². The number of anilines is 1. The minimum Gasteiger partial charge on any atom is -0.478 e. The van der Waals surface area contributed by atoms with E-state index >= 15 is 0 Å². The molecule has 0 fully saturated rings. The first-order valence-electron chi connectivity index (χ1n) is 5.83. The summed E-state index contributed by atoms with van der Waals surface area (Å²) >= 11 is 0. The van der Waals surface area contributed by atoms with Crippen molar-refractivity contribution in [3.8, 4) is 0 Å². The highest BCUT2D eigenvalue weighted by Crippen LogP contribution is 2.18. The van der Waals surface area contributed by atoms with Crippen molar-refractivity contribution in [3.05, 3.63) is 29.6 Å². The van der Waals surface area contributed by atoms with Crippen molar-refractivity contribution < 1.29 is 33.0 Å². The van der Waals surface area contributed by atoms with Gasteiger partial charge in [-0.15, -0.1) is 0 Å². The fraction of sp³-hybridized carbons (Fsp3) is 0.333. The third-order valence-corrected chi connectivity index (χ3v) is 2.47. The molecule has 1 aromatic rings. The largest absolute Gasteiger partial charge is 0.478 e. The quantitative estimate of drug-likeness (QED) is 0.745. The van der Waals surface area contributed by atoms with Crippen molar-refractivity contribution >= 4 is 17.7 Å². The molecule has 0 saturated carbocycles. The summed E-state index contributed by atoms with van der Waals surface area (Å²) in [6, 6.07) is 1.61. The number of amides is 2. The van der Waals surface area contributed by atoms with E-state index in [4.69, 9.17) is 10.2 Å². The van der Waals surface area contributed by atoms with E-state index in [9.17, 15) is 22.8 Å². The first-order valence-corrected chi connectivity index (χ1v) is 5.83. The van der Waals surface area contributed by atoms with Gasteiger partial charge in [0.05, 0.1) is 24.4 Å². The number of aromatic carboxylic acids is 1. The molecule has 0 aliphatic heterocycles. The molecule has 0 aromatic heterocycles. The van der Waals surface area contributed by atoms with E-state index in [1.54, 1.807) is 0 Å². The maximum atomic E-state index is 13.0. The highest BCUT2D eigenvalue weighted by atomic mass is 19.3. The number of halogens is 3. The van der Waals surface area contributed by atoms with E-state index in [1.807, 2.05) is 0 Å². The molecule has 0 aliphatic carbocycles. The normalized spacial score (nSPS) is 10.5. The van der Waals surface area contributed by atoms with Crippen molar-refractivity contribution in [2.24, 2.45) is 0 Å². The first kappa shape index (κ1) is 16.8. The number of aliphatic hydroxyl groups is 1. The van der Waals surface area contributed by atoms with Crippen molar-refractivity contribution in [1.29, 1.82) is 0 Å². The minimum atomic E-state index is -2.81. The van der Waals surface area contributed by atoms with Crippen LogP contribution in [-0.2, 0) is 0 Å². The van der Waals surface area contributed by atoms with Crippen LogP contribution in [0.3, 0.4) is 0 Å². The lowest BCUT2D eigenvalue weighted by Crippen LogP contribution is -2.40. The molecule has 0 aliphatic rings. The van der Waals surface area contributed by atoms with Crippen LogP contribution in [0.1, 0.15) is 10.4 Å². The first-order chi connectivity index (χ1) is 9.85. The SMILES string of the molecule is O=C(O)c1cc(F)ccc1NC(=O)N(CCO)CC(F)F. The van der Waals surface area contributed by atoms with Crippen LogP contribution in [-0.4, -0.2) is 53.2 Å². The highest BCUT2D eigenvalue weighted by molar-refractivity contribution is 6.00. The Morgan fingerprint density at radius 1 is 1.33 bits per heavy atom. The summed E-state index contributed by atoms with van der Waals surface area (Å²) < 4.78 is 37.6. The molecule has 3 N–H and O–H groups in total.